The number of thiazole rings is 1. The second-order valence-electron chi connectivity index (χ2n) is 4.98. The highest BCUT2D eigenvalue weighted by Gasteiger charge is 2.15. The van der Waals surface area contributed by atoms with Gasteiger partial charge in [-0.15, -0.1) is 22.7 Å². The van der Waals surface area contributed by atoms with E-state index in [1.807, 2.05) is 29.6 Å². The van der Waals surface area contributed by atoms with Gasteiger partial charge in [-0.25, -0.2) is 9.78 Å². The van der Waals surface area contributed by atoms with Gasteiger partial charge in [0.2, 0.25) is 0 Å². The number of esters is 1. The summed E-state index contributed by atoms with van der Waals surface area (Å²) in [7, 11) is 0. The third kappa shape index (κ3) is 4.88. The summed E-state index contributed by atoms with van der Waals surface area (Å²) >= 11 is 8.82. The SMILES string of the molecule is O=C(COC(=O)c1csc(-c2cccc(Cl)c2)n1)NCc1cccs1. The Bertz CT molecular complexity index is 878. The van der Waals surface area contributed by atoms with E-state index in [0.29, 0.717) is 16.6 Å². The summed E-state index contributed by atoms with van der Waals surface area (Å²) in [4.78, 5) is 29.0. The largest absolute Gasteiger partial charge is 0.451 e. The first-order valence-electron chi connectivity index (χ1n) is 7.29. The van der Waals surface area contributed by atoms with Gasteiger partial charge in [-0.05, 0) is 23.6 Å². The number of halogens is 1. The van der Waals surface area contributed by atoms with Crippen molar-refractivity contribution in [1.29, 1.82) is 0 Å². The van der Waals surface area contributed by atoms with Crippen LogP contribution in [0.5, 0.6) is 0 Å². The van der Waals surface area contributed by atoms with E-state index in [4.69, 9.17) is 16.3 Å². The van der Waals surface area contributed by atoms with Crippen LogP contribution in [-0.2, 0) is 16.1 Å². The Hall–Kier alpha value is -2.22. The van der Waals surface area contributed by atoms with E-state index in [0.717, 1.165) is 10.4 Å². The van der Waals surface area contributed by atoms with E-state index in [1.165, 1.54) is 11.3 Å². The topological polar surface area (TPSA) is 68.3 Å². The highest BCUT2D eigenvalue weighted by atomic mass is 35.5. The number of benzene rings is 1. The van der Waals surface area contributed by atoms with Gasteiger partial charge in [0.15, 0.2) is 12.3 Å². The average molecular weight is 393 g/mol. The molecule has 25 heavy (non-hydrogen) atoms. The van der Waals surface area contributed by atoms with Crippen LogP contribution in [0.3, 0.4) is 0 Å². The molecule has 0 saturated carbocycles. The van der Waals surface area contributed by atoms with Crippen molar-refractivity contribution in [3.05, 3.63) is 62.8 Å². The summed E-state index contributed by atoms with van der Waals surface area (Å²) < 4.78 is 5.00. The van der Waals surface area contributed by atoms with Crippen LogP contribution in [0.1, 0.15) is 15.4 Å². The Morgan fingerprint density at radius 3 is 2.84 bits per heavy atom. The lowest BCUT2D eigenvalue weighted by molar-refractivity contribution is -0.124. The molecule has 0 fully saturated rings. The minimum absolute atomic E-state index is 0.172. The fraction of sp³-hybridized carbons (Fsp3) is 0.118. The quantitative estimate of drug-likeness (QED) is 0.644. The molecule has 128 valence electrons. The van der Waals surface area contributed by atoms with Crippen LogP contribution < -0.4 is 5.32 Å². The number of nitrogens with one attached hydrogen (secondary N) is 1. The number of hydrogen-bond acceptors (Lipinski definition) is 6. The summed E-state index contributed by atoms with van der Waals surface area (Å²) in [5.74, 6) is -0.983. The van der Waals surface area contributed by atoms with Gasteiger partial charge in [0.25, 0.3) is 5.91 Å². The fourth-order valence-corrected chi connectivity index (χ4v) is 3.60. The normalized spacial score (nSPS) is 10.4. The average Bonchev–Trinajstić information content (AvgIpc) is 3.29. The van der Waals surface area contributed by atoms with E-state index >= 15 is 0 Å². The lowest BCUT2D eigenvalue weighted by atomic mass is 10.2. The van der Waals surface area contributed by atoms with Crippen molar-refractivity contribution < 1.29 is 14.3 Å². The number of ether oxygens (including phenoxy) is 1. The number of nitrogens with zero attached hydrogens (tertiary/aromatic N) is 1. The van der Waals surface area contributed by atoms with Gasteiger partial charge < -0.3 is 10.1 Å². The predicted octanol–water partition coefficient (Wildman–Crippen LogP) is 4.00. The molecule has 0 saturated heterocycles. The molecule has 3 rings (SSSR count). The molecule has 1 aromatic carbocycles. The molecule has 0 aliphatic rings. The van der Waals surface area contributed by atoms with E-state index in [-0.39, 0.29) is 18.2 Å². The van der Waals surface area contributed by atoms with Crippen molar-refractivity contribution in [2.45, 2.75) is 6.54 Å². The van der Waals surface area contributed by atoms with Crippen molar-refractivity contribution >= 4 is 46.2 Å². The first kappa shape index (κ1) is 17.6. The van der Waals surface area contributed by atoms with Crippen molar-refractivity contribution in [2.75, 3.05) is 6.61 Å². The molecular formula is C17H13ClN2O3S2. The summed E-state index contributed by atoms with van der Waals surface area (Å²) in [6.07, 6.45) is 0. The van der Waals surface area contributed by atoms with Crippen LogP contribution in [0, 0.1) is 0 Å². The maximum atomic E-state index is 12.0. The Morgan fingerprint density at radius 2 is 2.08 bits per heavy atom. The molecule has 0 atom stereocenters. The zero-order chi connectivity index (χ0) is 17.6. The number of carbonyl (C=O) groups excluding carboxylic acids is 2. The van der Waals surface area contributed by atoms with Gasteiger partial charge >= 0.3 is 5.97 Å². The van der Waals surface area contributed by atoms with Crippen molar-refractivity contribution in [1.82, 2.24) is 10.3 Å². The lowest BCUT2D eigenvalue weighted by Crippen LogP contribution is -2.28. The number of amides is 1. The van der Waals surface area contributed by atoms with Gasteiger partial charge in [-0.2, -0.15) is 0 Å². The first-order chi connectivity index (χ1) is 12.1. The number of aromatic nitrogens is 1. The van der Waals surface area contributed by atoms with Crippen LogP contribution in [0.4, 0.5) is 0 Å². The Kier molecular flexibility index (Phi) is 5.80. The molecule has 0 bridgehead atoms. The molecule has 0 aliphatic heterocycles. The van der Waals surface area contributed by atoms with Crippen LogP contribution >= 0.6 is 34.3 Å². The third-order valence-electron chi connectivity index (χ3n) is 3.16. The highest BCUT2D eigenvalue weighted by molar-refractivity contribution is 7.13. The molecule has 0 spiro atoms. The van der Waals surface area contributed by atoms with Crippen molar-refractivity contribution in [3.63, 3.8) is 0 Å². The Labute approximate surface area is 157 Å². The second kappa shape index (κ2) is 8.24. The standard InChI is InChI=1S/C17H13ClN2O3S2/c18-12-4-1-3-11(7-12)16-20-14(10-25-16)17(22)23-9-15(21)19-8-13-5-2-6-24-13/h1-7,10H,8-9H2,(H,19,21). The minimum Gasteiger partial charge on any atom is -0.451 e. The molecule has 8 heteroatoms. The Morgan fingerprint density at radius 1 is 1.20 bits per heavy atom. The molecule has 2 heterocycles. The van der Waals surface area contributed by atoms with Gasteiger partial charge in [0.1, 0.15) is 5.01 Å². The highest BCUT2D eigenvalue weighted by Crippen LogP contribution is 2.26. The van der Waals surface area contributed by atoms with Gasteiger partial charge in [-0.3, -0.25) is 4.79 Å². The number of hydrogen-bond donors (Lipinski definition) is 1. The van der Waals surface area contributed by atoms with Crippen molar-refractivity contribution in [3.8, 4) is 10.6 Å². The molecular weight excluding hydrogens is 380 g/mol. The molecule has 1 N–H and O–H groups in total. The monoisotopic (exact) mass is 392 g/mol. The molecule has 0 aliphatic carbocycles. The van der Waals surface area contributed by atoms with Crippen LogP contribution in [-0.4, -0.2) is 23.5 Å². The van der Waals surface area contributed by atoms with Crippen LogP contribution in [0.15, 0.2) is 47.2 Å². The third-order valence-corrected chi connectivity index (χ3v) is 5.16. The molecule has 5 nitrogen and oxygen atoms in total. The van der Waals surface area contributed by atoms with E-state index in [2.05, 4.69) is 10.3 Å². The summed E-state index contributed by atoms with van der Waals surface area (Å²) in [6, 6.07) is 11.0. The fourth-order valence-electron chi connectivity index (χ4n) is 1.98. The van der Waals surface area contributed by atoms with Gasteiger partial charge in [-0.1, -0.05) is 29.8 Å². The predicted molar refractivity (Wildman–Crippen MR) is 99.0 cm³/mol. The number of rotatable bonds is 6. The minimum atomic E-state index is -0.629. The van der Waals surface area contributed by atoms with E-state index < -0.39 is 5.97 Å². The molecule has 3 aromatic rings. The molecule has 1 amide bonds. The van der Waals surface area contributed by atoms with E-state index in [1.54, 1.807) is 28.8 Å². The summed E-state index contributed by atoms with van der Waals surface area (Å²) in [6.45, 7) is 0.0812. The van der Waals surface area contributed by atoms with Crippen molar-refractivity contribution in [2.24, 2.45) is 0 Å². The zero-order valence-electron chi connectivity index (χ0n) is 12.9. The maximum absolute atomic E-state index is 12.0. The summed E-state index contributed by atoms with van der Waals surface area (Å²) in [5.41, 5.74) is 0.997. The number of carbonyl (C=O) groups is 2. The van der Waals surface area contributed by atoms with Gasteiger partial charge in [0, 0.05) is 20.8 Å². The Balaban J connectivity index is 1.52. The van der Waals surface area contributed by atoms with Gasteiger partial charge in [0.05, 0.1) is 6.54 Å². The first-order valence-corrected chi connectivity index (χ1v) is 9.43. The maximum Gasteiger partial charge on any atom is 0.358 e. The second-order valence-corrected chi connectivity index (χ2v) is 7.31. The van der Waals surface area contributed by atoms with Crippen LogP contribution in [0.2, 0.25) is 5.02 Å². The van der Waals surface area contributed by atoms with E-state index in [9.17, 15) is 9.59 Å². The molecule has 0 unspecified atom stereocenters. The number of thiophene rings is 1. The smallest absolute Gasteiger partial charge is 0.358 e. The molecule has 2 aromatic heterocycles. The molecule has 0 radical (unpaired) electrons. The lowest BCUT2D eigenvalue weighted by Gasteiger charge is -2.04. The summed E-state index contributed by atoms with van der Waals surface area (Å²) in [5, 5.41) is 7.48. The zero-order valence-corrected chi connectivity index (χ0v) is 15.3. The van der Waals surface area contributed by atoms with Crippen LogP contribution in [0.25, 0.3) is 10.6 Å².